The SMILES string of the molecule is CCCOC(=O)CCC(=O)OCCc1ccccc1.O.O. The lowest BCUT2D eigenvalue weighted by molar-refractivity contribution is -0.150. The second-order valence-electron chi connectivity index (χ2n) is 4.18. The number of carbonyl (C=O) groups excluding carboxylic acids is 2. The predicted molar refractivity (Wildman–Crippen MR) is 78.8 cm³/mol. The quantitative estimate of drug-likeness (QED) is 0.662. The van der Waals surface area contributed by atoms with E-state index in [1.54, 1.807) is 0 Å². The van der Waals surface area contributed by atoms with Crippen LogP contribution in [0.15, 0.2) is 30.3 Å². The molecule has 0 saturated carbocycles. The summed E-state index contributed by atoms with van der Waals surface area (Å²) in [4.78, 5) is 22.6. The average Bonchev–Trinajstić information content (AvgIpc) is 2.44. The van der Waals surface area contributed by atoms with E-state index in [0.717, 1.165) is 12.0 Å². The molecule has 0 unspecified atom stereocenters. The molecule has 0 aliphatic carbocycles. The second-order valence-corrected chi connectivity index (χ2v) is 4.18. The van der Waals surface area contributed by atoms with Crippen molar-refractivity contribution in [1.29, 1.82) is 0 Å². The van der Waals surface area contributed by atoms with Crippen molar-refractivity contribution < 1.29 is 30.0 Å². The maximum absolute atomic E-state index is 11.4. The molecule has 21 heavy (non-hydrogen) atoms. The lowest BCUT2D eigenvalue weighted by Gasteiger charge is -2.05. The van der Waals surface area contributed by atoms with Gasteiger partial charge in [0.05, 0.1) is 26.1 Å². The summed E-state index contributed by atoms with van der Waals surface area (Å²) < 4.78 is 9.92. The first-order valence-electron chi connectivity index (χ1n) is 6.57. The molecular formula is C15H24O6. The molecule has 0 saturated heterocycles. The molecule has 0 radical (unpaired) electrons. The van der Waals surface area contributed by atoms with E-state index in [2.05, 4.69) is 0 Å². The first-order chi connectivity index (χ1) is 9.22. The molecule has 120 valence electrons. The highest BCUT2D eigenvalue weighted by Gasteiger charge is 2.08. The van der Waals surface area contributed by atoms with Crippen molar-refractivity contribution in [3.8, 4) is 0 Å². The molecule has 1 aromatic carbocycles. The molecule has 4 N–H and O–H groups in total. The largest absolute Gasteiger partial charge is 0.466 e. The van der Waals surface area contributed by atoms with Crippen LogP contribution in [-0.2, 0) is 25.5 Å². The summed E-state index contributed by atoms with van der Waals surface area (Å²) in [5.41, 5.74) is 1.12. The molecule has 0 amide bonds. The van der Waals surface area contributed by atoms with Crippen molar-refractivity contribution in [1.82, 2.24) is 0 Å². The molecule has 1 rings (SSSR count). The first-order valence-corrected chi connectivity index (χ1v) is 6.57. The summed E-state index contributed by atoms with van der Waals surface area (Å²) in [6.07, 6.45) is 1.64. The van der Waals surface area contributed by atoms with E-state index in [4.69, 9.17) is 9.47 Å². The van der Waals surface area contributed by atoms with Crippen molar-refractivity contribution in [2.45, 2.75) is 32.6 Å². The molecule has 0 fully saturated rings. The van der Waals surface area contributed by atoms with Gasteiger partial charge in [-0.05, 0) is 12.0 Å². The Hall–Kier alpha value is -1.92. The first kappa shape index (κ1) is 21.4. The topological polar surface area (TPSA) is 116 Å². The fourth-order valence-corrected chi connectivity index (χ4v) is 1.49. The molecule has 1 aromatic rings. The number of hydrogen-bond donors (Lipinski definition) is 0. The summed E-state index contributed by atoms with van der Waals surface area (Å²) in [6, 6.07) is 9.80. The van der Waals surface area contributed by atoms with Gasteiger partial charge in [0.1, 0.15) is 0 Å². The summed E-state index contributed by atoms with van der Waals surface area (Å²) in [5, 5.41) is 0. The van der Waals surface area contributed by atoms with Crippen LogP contribution in [0.4, 0.5) is 0 Å². The van der Waals surface area contributed by atoms with Crippen molar-refractivity contribution in [2.24, 2.45) is 0 Å². The monoisotopic (exact) mass is 300 g/mol. The van der Waals surface area contributed by atoms with Crippen molar-refractivity contribution in [3.63, 3.8) is 0 Å². The second kappa shape index (κ2) is 13.1. The minimum absolute atomic E-state index is 0. The van der Waals surface area contributed by atoms with Gasteiger partial charge in [-0.15, -0.1) is 0 Å². The summed E-state index contributed by atoms with van der Waals surface area (Å²) in [7, 11) is 0. The molecule has 6 nitrogen and oxygen atoms in total. The Balaban J connectivity index is 0. The number of carbonyl (C=O) groups is 2. The van der Waals surface area contributed by atoms with E-state index in [1.165, 1.54) is 0 Å². The van der Waals surface area contributed by atoms with Crippen molar-refractivity contribution >= 4 is 11.9 Å². The highest BCUT2D eigenvalue weighted by Crippen LogP contribution is 2.01. The number of benzene rings is 1. The minimum Gasteiger partial charge on any atom is -0.466 e. The zero-order chi connectivity index (χ0) is 13.9. The number of hydrogen-bond acceptors (Lipinski definition) is 4. The van der Waals surface area contributed by atoms with Crippen molar-refractivity contribution in [2.75, 3.05) is 13.2 Å². The van der Waals surface area contributed by atoms with Gasteiger partial charge in [-0.2, -0.15) is 0 Å². The zero-order valence-corrected chi connectivity index (χ0v) is 12.3. The average molecular weight is 300 g/mol. The van der Waals surface area contributed by atoms with Crippen LogP contribution in [0.3, 0.4) is 0 Å². The molecular weight excluding hydrogens is 276 g/mol. The maximum Gasteiger partial charge on any atom is 0.306 e. The molecule has 0 aliphatic heterocycles. The Bertz CT molecular complexity index is 390. The summed E-state index contributed by atoms with van der Waals surface area (Å²) in [6.45, 7) is 2.67. The Morgan fingerprint density at radius 3 is 1.95 bits per heavy atom. The predicted octanol–water partition coefficient (Wildman–Crippen LogP) is 0.856. The van der Waals surface area contributed by atoms with Gasteiger partial charge in [-0.3, -0.25) is 9.59 Å². The van der Waals surface area contributed by atoms with Gasteiger partial charge >= 0.3 is 11.9 Å². The Labute approximate surface area is 124 Å². The van der Waals surface area contributed by atoms with E-state index in [-0.39, 0.29) is 35.7 Å². The standard InChI is InChI=1S/C15H20O4.2H2O/c1-2-11-18-14(16)8-9-15(17)19-12-10-13-6-4-3-5-7-13;;/h3-7H,2,8-12H2,1H3;2*1H2. The van der Waals surface area contributed by atoms with Crippen LogP contribution in [0.1, 0.15) is 31.7 Å². The zero-order valence-electron chi connectivity index (χ0n) is 12.3. The van der Waals surface area contributed by atoms with Gasteiger partial charge in [-0.25, -0.2) is 0 Å². The highest BCUT2D eigenvalue weighted by atomic mass is 16.5. The Kier molecular flexibility index (Phi) is 13.3. The number of ether oxygens (including phenoxy) is 2. The van der Waals surface area contributed by atoms with Crippen LogP contribution in [0.5, 0.6) is 0 Å². The van der Waals surface area contributed by atoms with E-state index < -0.39 is 0 Å². The van der Waals surface area contributed by atoms with Crippen molar-refractivity contribution in [3.05, 3.63) is 35.9 Å². The van der Waals surface area contributed by atoms with Gasteiger partial charge in [0, 0.05) is 6.42 Å². The van der Waals surface area contributed by atoms with Crippen LogP contribution in [0, 0.1) is 0 Å². The van der Waals surface area contributed by atoms with E-state index in [0.29, 0.717) is 19.6 Å². The van der Waals surface area contributed by atoms with Crippen LogP contribution in [0.25, 0.3) is 0 Å². The number of rotatable bonds is 8. The van der Waals surface area contributed by atoms with Crippen LogP contribution in [0.2, 0.25) is 0 Å². The lowest BCUT2D eigenvalue weighted by atomic mass is 10.2. The molecule has 0 aliphatic rings. The molecule has 6 heteroatoms. The lowest BCUT2D eigenvalue weighted by Crippen LogP contribution is -2.12. The fraction of sp³-hybridized carbons (Fsp3) is 0.467. The highest BCUT2D eigenvalue weighted by molar-refractivity contribution is 5.77. The Morgan fingerprint density at radius 2 is 1.43 bits per heavy atom. The third-order valence-electron chi connectivity index (χ3n) is 2.50. The van der Waals surface area contributed by atoms with Crippen LogP contribution in [-0.4, -0.2) is 36.1 Å². The van der Waals surface area contributed by atoms with E-state index in [1.807, 2.05) is 37.3 Å². The van der Waals surface area contributed by atoms with Gasteiger partial charge in [0.25, 0.3) is 0 Å². The van der Waals surface area contributed by atoms with E-state index >= 15 is 0 Å². The molecule has 0 spiro atoms. The summed E-state index contributed by atoms with van der Waals surface area (Å²) >= 11 is 0. The van der Waals surface area contributed by atoms with Gasteiger partial charge in [0.15, 0.2) is 0 Å². The fourth-order valence-electron chi connectivity index (χ4n) is 1.49. The van der Waals surface area contributed by atoms with E-state index in [9.17, 15) is 9.59 Å². The number of esters is 2. The molecule has 0 atom stereocenters. The molecule has 0 heterocycles. The van der Waals surface area contributed by atoms with Crippen LogP contribution < -0.4 is 0 Å². The normalized spacial score (nSPS) is 9.00. The third-order valence-corrected chi connectivity index (χ3v) is 2.50. The van der Waals surface area contributed by atoms with Crippen LogP contribution >= 0.6 is 0 Å². The summed E-state index contributed by atoms with van der Waals surface area (Å²) in [5.74, 6) is -0.703. The maximum atomic E-state index is 11.4. The van der Waals surface area contributed by atoms with Gasteiger partial charge in [0.2, 0.25) is 0 Å². The molecule has 0 aromatic heterocycles. The smallest absolute Gasteiger partial charge is 0.306 e. The van der Waals surface area contributed by atoms with Gasteiger partial charge in [-0.1, -0.05) is 37.3 Å². The molecule has 0 bridgehead atoms. The Morgan fingerprint density at radius 1 is 0.905 bits per heavy atom. The third kappa shape index (κ3) is 10.5. The minimum atomic E-state index is -0.357. The van der Waals surface area contributed by atoms with Gasteiger partial charge < -0.3 is 20.4 Å².